The zero-order valence-electron chi connectivity index (χ0n) is 21.7. The number of hydrogen-bond acceptors (Lipinski definition) is 5. The Bertz CT molecular complexity index is 1270. The van der Waals surface area contributed by atoms with Crippen LogP contribution in [0.4, 0.5) is 10.5 Å². The van der Waals surface area contributed by atoms with Crippen molar-refractivity contribution < 1.29 is 19.4 Å². The molecular weight excluding hydrogens is 468 g/mol. The molecule has 2 aliphatic rings. The second kappa shape index (κ2) is 10.9. The van der Waals surface area contributed by atoms with E-state index in [9.17, 15) is 14.7 Å². The number of aliphatic carboxylic acids is 1. The first-order valence-electron chi connectivity index (χ1n) is 13.3. The number of amides is 1. The number of nitrogens with zero attached hydrogens (tertiary/aromatic N) is 3. The molecule has 1 aromatic heterocycles. The number of rotatable bonds is 7. The quantitative estimate of drug-likeness (QED) is 0.482. The third kappa shape index (κ3) is 5.07. The van der Waals surface area contributed by atoms with Crippen LogP contribution in [0.1, 0.15) is 55.5 Å². The van der Waals surface area contributed by atoms with Gasteiger partial charge >= 0.3 is 12.1 Å². The Hall–Kier alpha value is -3.39. The van der Waals surface area contributed by atoms with Crippen molar-refractivity contribution in [1.29, 1.82) is 0 Å². The number of nitrogens with one attached hydrogen (secondary N) is 1. The van der Waals surface area contributed by atoms with E-state index in [-0.39, 0.29) is 12.1 Å². The van der Waals surface area contributed by atoms with Crippen LogP contribution in [0.25, 0.3) is 11.0 Å². The topological polar surface area (TPSA) is 96.7 Å². The Morgan fingerprint density at radius 1 is 1.14 bits per heavy atom. The van der Waals surface area contributed by atoms with Crippen molar-refractivity contribution in [1.82, 2.24) is 14.9 Å². The number of carboxylic acids is 1. The number of carbonyl (C=O) groups excluding carboxylic acids is 1. The molecule has 2 aliphatic heterocycles. The maximum atomic E-state index is 12.6. The summed E-state index contributed by atoms with van der Waals surface area (Å²) in [6.45, 7) is 4.93. The average Bonchev–Trinajstić information content (AvgIpc) is 3.28. The number of benzene rings is 2. The van der Waals surface area contributed by atoms with Crippen molar-refractivity contribution in [2.75, 3.05) is 25.1 Å². The van der Waals surface area contributed by atoms with Crippen LogP contribution < -0.4 is 10.2 Å². The highest BCUT2D eigenvalue weighted by Crippen LogP contribution is 2.37. The highest BCUT2D eigenvalue weighted by molar-refractivity contribution is 5.95. The number of piperidine rings is 1. The molecule has 3 aromatic rings. The van der Waals surface area contributed by atoms with Crippen LogP contribution in [0, 0.1) is 5.92 Å². The van der Waals surface area contributed by atoms with Crippen molar-refractivity contribution in [3.05, 3.63) is 59.4 Å². The largest absolute Gasteiger partial charge is 0.481 e. The minimum atomic E-state index is -0.851. The summed E-state index contributed by atoms with van der Waals surface area (Å²) in [4.78, 5) is 31.8. The third-order valence-corrected chi connectivity index (χ3v) is 8.07. The molecule has 8 heteroatoms. The van der Waals surface area contributed by atoms with E-state index >= 15 is 0 Å². The lowest BCUT2D eigenvalue weighted by Crippen LogP contribution is -2.42. The molecule has 0 aliphatic carbocycles. The number of carbonyl (C=O) groups is 2. The molecule has 1 amide bonds. The predicted octanol–water partition coefficient (Wildman–Crippen LogP) is 4.74. The number of carboxylic acid groups (broad SMARTS) is 1. The molecule has 2 atom stereocenters. The van der Waals surface area contributed by atoms with E-state index in [4.69, 9.17) is 9.72 Å². The average molecular weight is 505 g/mol. The lowest BCUT2D eigenvalue weighted by molar-refractivity contribution is -0.138. The van der Waals surface area contributed by atoms with Crippen LogP contribution in [0.15, 0.2) is 42.5 Å². The van der Waals surface area contributed by atoms with Gasteiger partial charge in [0.15, 0.2) is 0 Å². The number of anilines is 1. The number of imidazole rings is 1. The summed E-state index contributed by atoms with van der Waals surface area (Å²) in [5, 5.41) is 13.6. The van der Waals surface area contributed by atoms with E-state index in [1.807, 2.05) is 49.4 Å². The first-order chi connectivity index (χ1) is 18.0. The van der Waals surface area contributed by atoms with Crippen molar-refractivity contribution in [2.24, 2.45) is 5.92 Å². The Labute approximate surface area is 217 Å². The van der Waals surface area contributed by atoms with Crippen LogP contribution in [0.5, 0.6) is 0 Å². The third-order valence-electron chi connectivity index (χ3n) is 8.07. The van der Waals surface area contributed by atoms with E-state index in [2.05, 4.69) is 9.88 Å². The van der Waals surface area contributed by atoms with Gasteiger partial charge in [-0.25, -0.2) is 9.78 Å². The van der Waals surface area contributed by atoms with Gasteiger partial charge in [0.05, 0.1) is 29.7 Å². The monoisotopic (exact) mass is 504 g/mol. The molecule has 0 saturated carbocycles. The minimum Gasteiger partial charge on any atom is -0.481 e. The van der Waals surface area contributed by atoms with Gasteiger partial charge in [0.2, 0.25) is 0 Å². The van der Waals surface area contributed by atoms with Crippen LogP contribution in [0.3, 0.4) is 0 Å². The molecule has 0 spiro atoms. The van der Waals surface area contributed by atoms with Crippen molar-refractivity contribution in [3.63, 3.8) is 0 Å². The van der Waals surface area contributed by atoms with E-state index in [0.29, 0.717) is 12.3 Å². The zero-order chi connectivity index (χ0) is 25.9. The fraction of sp³-hybridized carbons (Fsp3) is 0.483. The Morgan fingerprint density at radius 2 is 1.89 bits per heavy atom. The molecule has 8 nitrogen and oxygen atoms in total. The van der Waals surface area contributed by atoms with Gasteiger partial charge in [-0.1, -0.05) is 30.3 Å². The molecule has 5 rings (SSSR count). The van der Waals surface area contributed by atoms with Crippen molar-refractivity contribution in [2.45, 2.75) is 64.0 Å². The summed E-state index contributed by atoms with van der Waals surface area (Å²) in [5.74, 6) is -0.102. The summed E-state index contributed by atoms with van der Waals surface area (Å²) >= 11 is 0. The minimum absolute atomic E-state index is 0.0355. The molecule has 0 bridgehead atoms. The Kier molecular flexibility index (Phi) is 7.46. The summed E-state index contributed by atoms with van der Waals surface area (Å²) in [6.07, 6.45) is 4.93. The molecule has 2 N–H and O–H groups in total. The number of fused-ring (bicyclic) bond motifs is 3. The zero-order valence-corrected chi connectivity index (χ0v) is 21.7. The molecule has 3 heterocycles. The van der Waals surface area contributed by atoms with Gasteiger partial charge in [0, 0.05) is 24.6 Å². The Morgan fingerprint density at radius 3 is 2.59 bits per heavy atom. The number of ether oxygens (including phenoxy) is 1. The van der Waals surface area contributed by atoms with Crippen molar-refractivity contribution >= 4 is 28.8 Å². The smallest absolute Gasteiger partial charge is 0.414 e. The first-order valence-corrected chi connectivity index (χ1v) is 13.3. The van der Waals surface area contributed by atoms with Gasteiger partial charge in [0.1, 0.15) is 5.82 Å². The summed E-state index contributed by atoms with van der Waals surface area (Å²) in [7, 11) is 1.41. The van der Waals surface area contributed by atoms with Gasteiger partial charge < -0.3 is 19.7 Å². The summed E-state index contributed by atoms with van der Waals surface area (Å²) in [6, 6.07) is 13.5. The van der Waals surface area contributed by atoms with Gasteiger partial charge in [-0.3, -0.25) is 9.69 Å². The summed E-state index contributed by atoms with van der Waals surface area (Å²) < 4.78 is 7.32. The molecule has 1 saturated heterocycles. The summed E-state index contributed by atoms with van der Waals surface area (Å²) in [5.41, 5.74) is 4.54. The van der Waals surface area contributed by atoms with E-state index in [1.54, 1.807) is 4.90 Å². The van der Waals surface area contributed by atoms with E-state index < -0.39 is 11.9 Å². The Balaban J connectivity index is 1.57. The molecule has 0 unspecified atom stereocenters. The van der Waals surface area contributed by atoms with E-state index in [0.717, 1.165) is 85.4 Å². The molecule has 37 heavy (non-hydrogen) atoms. The number of aromatic nitrogens is 2. The van der Waals surface area contributed by atoms with Gasteiger partial charge in [-0.05, 0) is 75.7 Å². The molecule has 0 radical (unpaired) electrons. The van der Waals surface area contributed by atoms with Gasteiger partial charge in [-0.2, -0.15) is 0 Å². The molecular formula is C29H36N4O4. The second-order valence-corrected chi connectivity index (χ2v) is 10.3. The lowest BCUT2D eigenvalue weighted by atomic mass is 9.94. The maximum Gasteiger partial charge on any atom is 0.414 e. The highest BCUT2D eigenvalue weighted by Gasteiger charge is 2.32. The normalized spacial score (nSPS) is 19.0. The van der Waals surface area contributed by atoms with Crippen LogP contribution in [-0.4, -0.2) is 53.0 Å². The standard InChI is InChI=1S/C29H36N4O4/c1-19-8-9-22-24(33(19)29(36)37-2)10-11-25-27(22)31-26(32(25)17-14-20-12-15-30-16-13-20)18-23(28(34)35)21-6-4-3-5-7-21/h3-7,10-11,19-20,23,30H,8-9,12-18H2,1-2H3,(H,34,35)/t19-,23-/m0/s1. The predicted molar refractivity (Wildman–Crippen MR) is 143 cm³/mol. The second-order valence-electron chi connectivity index (χ2n) is 10.3. The van der Waals surface area contributed by atoms with Crippen LogP contribution in [0.2, 0.25) is 0 Å². The van der Waals surface area contributed by atoms with Crippen LogP contribution >= 0.6 is 0 Å². The fourth-order valence-electron chi connectivity index (χ4n) is 5.96. The van der Waals surface area contributed by atoms with Crippen LogP contribution in [-0.2, 0) is 28.9 Å². The lowest BCUT2D eigenvalue weighted by Gasteiger charge is -2.34. The maximum absolute atomic E-state index is 12.6. The number of methoxy groups -OCH3 is 1. The molecule has 196 valence electrons. The number of hydrogen-bond donors (Lipinski definition) is 2. The fourth-order valence-corrected chi connectivity index (χ4v) is 5.96. The van der Waals surface area contributed by atoms with Gasteiger partial charge in [0.25, 0.3) is 0 Å². The SMILES string of the molecule is COC(=O)N1c2ccc3c(nc(C[C@H](C(=O)O)c4ccccc4)n3CCC3CCNCC3)c2CC[C@@H]1C. The van der Waals surface area contributed by atoms with Gasteiger partial charge in [-0.15, -0.1) is 0 Å². The number of aryl methyl sites for hydroxylation is 2. The highest BCUT2D eigenvalue weighted by atomic mass is 16.5. The molecule has 1 fully saturated rings. The molecule has 2 aromatic carbocycles. The van der Waals surface area contributed by atoms with E-state index in [1.165, 1.54) is 7.11 Å². The first kappa shape index (κ1) is 25.3. The van der Waals surface area contributed by atoms with Crippen molar-refractivity contribution in [3.8, 4) is 0 Å².